The summed E-state index contributed by atoms with van der Waals surface area (Å²) in [5.41, 5.74) is 3.03. The molecule has 0 N–H and O–H groups in total. The monoisotopic (exact) mass is 301 g/mol. The molecule has 1 heterocycles. The van der Waals surface area contributed by atoms with E-state index in [9.17, 15) is 4.79 Å². The number of benzene rings is 1. The molecule has 1 aromatic carbocycles. The van der Waals surface area contributed by atoms with Crippen LogP contribution in [0.5, 0.6) is 0 Å². The van der Waals surface area contributed by atoms with Gasteiger partial charge in [-0.1, -0.05) is 43.7 Å². The molecule has 0 bridgehead atoms. The lowest BCUT2D eigenvalue weighted by Crippen LogP contribution is -2.01. The topological polar surface area (TPSA) is 39.2 Å². The van der Waals surface area contributed by atoms with E-state index in [1.54, 1.807) is 6.08 Å². The van der Waals surface area contributed by atoms with E-state index >= 15 is 0 Å². The number of esters is 1. The van der Waals surface area contributed by atoms with Crippen molar-refractivity contribution in [2.75, 3.05) is 6.61 Å². The van der Waals surface area contributed by atoms with Crippen LogP contribution in [0.1, 0.15) is 31.0 Å². The lowest BCUT2D eigenvalue weighted by atomic mass is 10.1. The third kappa shape index (κ3) is 4.26. The Morgan fingerprint density at radius 2 is 2.10 bits per heavy atom. The van der Waals surface area contributed by atoms with Gasteiger partial charge in [0, 0.05) is 11.6 Å². The predicted molar refractivity (Wildman–Crippen MR) is 87.2 cm³/mol. The summed E-state index contributed by atoms with van der Waals surface area (Å²) in [6.07, 6.45) is 5.20. The Balaban J connectivity index is 2.13. The average molecular weight is 301 g/mol. The van der Waals surface area contributed by atoms with Crippen LogP contribution in [0.3, 0.4) is 0 Å². The van der Waals surface area contributed by atoms with Crippen molar-refractivity contribution >= 4 is 23.6 Å². The number of hydrogen-bond acceptors (Lipinski definition) is 4. The summed E-state index contributed by atoms with van der Waals surface area (Å²) in [5, 5.41) is 0. The van der Waals surface area contributed by atoms with Crippen molar-refractivity contribution in [2.24, 2.45) is 0 Å². The molecule has 0 radical (unpaired) electrons. The van der Waals surface area contributed by atoms with E-state index in [2.05, 4.69) is 11.3 Å². The van der Waals surface area contributed by atoms with Crippen LogP contribution in [-0.2, 0) is 9.53 Å². The molecule has 3 nitrogen and oxygen atoms in total. The summed E-state index contributed by atoms with van der Waals surface area (Å²) in [6.45, 7) is 4.49. The first kappa shape index (κ1) is 15.4. The molecule has 21 heavy (non-hydrogen) atoms. The number of unbranched alkanes of at least 4 members (excludes halogenated alkanes) is 1. The van der Waals surface area contributed by atoms with Crippen LogP contribution in [0.4, 0.5) is 0 Å². The molecule has 0 spiro atoms. The minimum atomic E-state index is -0.298. The normalized spacial score (nSPS) is 11.0. The van der Waals surface area contributed by atoms with E-state index in [4.69, 9.17) is 4.74 Å². The van der Waals surface area contributed by atoms with E-state index in [0.29, 0.717) is 6.61 Å². The van der Waals surface area contributed by atoms with Crippen molar-refractivity contribution in [3.63, 3.8) is 0 Å². The van der Waals surface area contributed by atoms with Gasteiger partial charge in [0.15, 0.2) is 0 Å². The zero-order chi connectivity index (χ0) is 15.1. The van der Waals surface area contributed by atoms with Gasteiger partial charge in [0.05, 0.1) is 17.2 Å². The number of carbonyl (C=O) groups is 1. The zero-order valence-corrected chi connectivity index (χ0v) is 13.2. The van der Waals surface area contributed by atoms with Gasteiger partial charge in [0.2, 0.25) is 0 Å². The van der Waals surface area contributed by atoms with Crippen molar-refractivity contribution in [3.05, 3.63) is 47.7 Å². The molecular weight excluding hydrogens is 282 g/mol. The molecule has 0 amide bonds. The largest absolute Gasteiger partial charge is 0.463 e. The van der Waals surface area contributed by atoms with Crippen LogP contribution in [0.2, 0.25) is 0 Å². The predicted octanol–water partition coefficient (Wildman–Crippen LogP) is 4.48. The minimum Gasteiger partial charge on any atom is -0.463 e. The number of nitrogens with zero attached hydrogens (tertiary/aromatic N) is 1. The Hall–Kier alpha value is -1.94. The second kappa shape index (κ2) is 7.74. The van der Waals surface area contributed by atoms with Gasteiger partial charge in [-0.3, -0.25) is 0 Å². The van der Waals surface area contributed by atoms with Crippen molar-refractivity contribution in [1.29, 1.82) is 0 Å². The van der Waals surface area contributed by atoms with Crippen LogP contribution in [0, 0.1) is 6.92 Å². The minimum absolute atomic E-state index is 0.298. The molecule has 0 aliphatic heterocycles. The van der Waals surface area contributed by atoms with Crippen LogP contribution in [-0.4, -0.2) is 16.9 Å². The van der Waals surface area contributed by atoms with Gasteiger partial charge >= 0.3 is 5.97 Å². The van der Waals surface area contributed by atoms with Gasteiger partial charge in [-0.15, -0.1) is 0 Å². The van der Waals surface area contributed by atoms with Gasteiger partial charge in [0.1, 0.15) is 0 Å². The third-order valence-corrected chi connectivity index (χ3v) is 4.08. The van der Waals surface area contributed by atoms with Crippen molar-refractivity contribution in [3.8, 4) is 10.4 Å². The standard InChI is InChI=1S/C17H19NO2S/c1-3-4-12-20-16(19)11-10-15-13(2)18-21-17(15)14-8-6-5-7-9-14/h5-11H,3-4,12H2,1-2H3/b11-10+. The summed E-state index contributed by atoms with van der Waals surface area (Å²) in [4.78, 5) is 12.7. The molecule has 4 heteroatoms. The van der Waals surface area contributed by atoms with Gasteiger partial charge < -0.3 is 4.74 Å². The zero-order valence-electron chi connectivity index (χ0n) is 12.3. The highest BCUT2D eigenvalue weighted by molar-refractivity contribution is 7.10. The summed E-state index contributed by atoms with van der Waals surface area (Å²) in [6, 6.07) is 10.1. The Bertz CT molecular complexity index is 617. The maximum Gasteiger partial charge on any atom is 0.330 e. The molecule has 2 aromatic rings. The maximum atomic E-state index is 11.6. The van der Waals surface area contributed by atoms with Gasteiger partial charge in [-0.2, -0.15) is 4.37 Å². The van der Waals surface area contributed by atoms with Crippen LogP contribution >= 0.6 is 11.5 Å². The molecule has 0 saturated heterocycles. The van der Waals surface area contributed by atoms with E-state index in [1.807, 2.05) is 37.3 Å². The second-order valence-corrected chi connectivity index (χ2v) is 5.50. The first-order valence-corrected chi connectivity index (χ1v) is 7.86. The van der Waals surface area contributed by atoms with Gasteiger partial charge in [0.25, 0.3) is 0 Å². The van der Waals surface area contributed by atoms with Crippen LogP contribution < -0.4 is 0 Å². The highest BCUT2D eigenvalue weighted by atomic mass is 32.1. The molecule has 0 atom stereocenters. The average Bonchev–Trinajstić information content (AvgIpc) is 2.87. The molecule has 0 saturated carbocycles. The van der Waals surface area contributed by atoms with Crippen molar-refractivity contribution in [1.82, 2.24) is 4.37 Å². The number of ether oxygens (including phenoxy) is 1. The first-order chi connectivity index (χ1) is 10.2. The molecule has 110 valence electrons. The SMILES string of the molecule is CCCCOC(=O)/C=C/c1c(C)nsc1-c1ccccc1. The Morgan fingerprint density at radius 1 is 1.33 bits per heavy atom. The van der Waals surface area contributed by atoms with E-state index in [-0.39, 0.29) is 5.97 Å². The van der Waals surface area contributed by atoms with E-state index in [0.717, 1.165) is 34.5 Å². The maximum absolute atomic E-state index is 11.6. The Labute approximate surface area is 129 Å². The molecule has 0 aliphatic carbocycles. The van der Waals surface area contributed by atoms with Gasteiger partial charge in [-0.25, -0.2) is 4.79 Å². The summed E-state index contributed by atoms with van der Waals surface area (Å²) in [7, 11) is 0. The van der Waals surface area contributed by atoms with E-state index in [1.165, 1.54) is 17.6 Å². The molecule has 0 aliphatic rings. The molecule has 1 aromatic heterocycles. The summed E-state index contributed by atoms with van der Waals surface area (Å²) < 4.78 is 9.51. The molecule has 0 fully saturated rings. The third-order valence-electron chi connectivity index (χ3n) is 3.07. The lowest BCUT2D eigenvalue weighted by Gasteiger charge is -2.01. The molecule has 2 rings (SSSR count). The number of hydrogen-bond donors (Lipinski definition) is 0. The summed E-state index contributed by atoms with van der Waals surface area (Å²) >= 11 is 1.45. The quantitative estimate of drug-likeness (QED) is 0.449. The van der Waals surface area contributed by atoms with E-state index < -0.39 is 0 Å². The fraction of sp³-hybridized carbons (Fsp3) is 0.294. The molecular formula is C17H19NO2S. The van der Waals surface area contributed by atoms with Gasteiger partial charge in [-0.05, 0) is 36.5 Å². The Morgan fingerprint density at radius 3 is 2.81 bits per heavy atom. The number of rotatable bonds is 6. The fourth-order valence-corrected chi connectivity index (χ4v) is 2.77. The highest BCUT2D eigenvalue weighted by Gasteiger charge is 2.10. The van der Waals surface area contributed by atoms with Crippen LogP contribution in [0.15, 0.2) is 36.4 Å². The smallest absolute Gasteiger partial charge is 0.330 e. The first-order valence-electron chi connectivity index (χ1n) is 7.09. The lowest BCUT2D eigenvalue weighted by molar-refractivity contribution is -0.137. The second-order valence-electron chi connectivity index (χ2n) is 4.73. The van der Waals surface area contributed by atoms with Crippen molar-refractivity contribution < 1.29 is 9.53 Å². The fourth-order valence-electron chi connectivity index (χ4n) is 1.89. The van der Waals surface area contributed by atoms with Crippen molar-refractivity contribution in [2.45, 2.75) is 26.7 Å². The van der Waals surface area contributed by atoms with Crippen LogP contribution in [0.25, 0.3) is 16.5 Å². The number of aromatic nitrogens is 1. The summed E-state index contributed by atoms with van der Waals surface area (Å²) in [5.74, 6) is -0.298. The number of carbonyl (C=O) groups excluding carboxylic acids is 1. The highest BCUT2D eigenvalue weighted by Crippen LogP contribution is 2.31. The number of aryl methyl sites for hydroxylation is 1. The molecule has 0 unspecified atom stereocenters. The Kier molecular flexibility index (Phi) is 5.69.